The number of ketones is 1. The molecule has 1 heterocycles. The van der Waals surface area contributed by atoms with Crippen molar-refractivity contribution in [2.45, 2.75) is 13.0 Å². The number of methoxy groups -OCH3 is 2. The van der Waals surface area contributed by atoms with Crippen LogP contribution >= 0.6 is 23.2 Å². The van der Waals surface area contributed by atoms with Crippen molar-refractivity contribution in [2.75, 3.05) is 19.1 Å². The Labute approximate surface area is 206 Å². The second-order valence-electron chi connectivity index (χ2n) is 7.72. The zero-order valence-corrected chi connectivity index (χ0v) is 20.1. The number of carbonyl (C=O) groups is 2. The molecule has 4 rings (SSSR count). The molecule has 1 fully saturated rings. The third kappa shape index (κ3) is 4.11. The Balaban J connectivity index is 2.01. The normalized spacial score (nSPS) is 17.2. The van der Waals surface area contributed by atoms with Crippen LogP contribution in [0.4, 0.5) is 5.69 Å². The predicted molar refractivity (Wildman–Crippen MR) is 132 cm³/mol. The number of aliphatic hydroxyl groups excluding tert-OH is 1. The molecular formula is C26H21Cl2NO5. The van der Waals surface area contributed by atoms with Gasteiger partial charge in [0.15, 0.2) is 0 Å². The summed E-state index contributed by atoms with van der Waals surface area (Å²) in [4.78, 5) is 28.0. The van der Waals surface area contributed by atoms with Crippen molar-refractivity contribution in [1.82, 2.24) is 0 Å². The predicted octanol–water partition coefficient (Wildman–Crippen LogP) is 5.95. The van der Waals surface area contributed by atoms with Crippen molar-refractivity contribution < 1.29 is 24.2 Å². The molecule has 6 nitrogen and oxygen atoms in total. The topological polar surface area (TPSA) is 76.1 Å². The van der Waals surface area contributed by atoms with E-state index >= 15 is 0 Å². The Morgan fingerprint density at radius 2 is 1.62 bits per heavy atom. The summed E-state index contributed by atoms with van der Waals surface area (Å²) in [6, 6.07) is 15.9. The van der Waals surface area contributed by atoms with E-state index in [0.29, 0.717) is 27.0 Å². The van der Waals surface area contributed by atoms with Gasteiger partial charge in [0.25, 0.3) is 11.7 Å². The zero-order chi connectivity index (χ0) is 24.6. The SMILES string of the molecule is COc1ccc(/C(O)=C2\C(=O)C(=O)N(c3cc(Cl)cc(Cl)c3)C2c2ccccc2C)c(OC)c1. The number of anilines is 1. The molecule has 1 amide bonds. The van der Waals surface area contributed by atoms with Crippen LogP contribution in [-0.2, 0) is 9.59 Å². The molecule has 1 aliphatic heterocycles. The fraction of sp³-hybridized carbons (Fsp3) is 0.154. The summed E-state index contributed by atoms with van der Waals surface area (Å²) in [6.07, 6.45) is 0. The summed E-state index contributed by atoms with van der Waals surface area (Å²) in [7, 11) is 2.95. The lowest BCUT2D eigenvalue weighted by atomic mass is 9.92. The number of Topliss-reactive ketones (excluding diaryl/α,β-unsaturated/α-hetero) is 1. The fourth-order valence-electron chi connectivity index (χ4n) is 4.10. The zero-order valence-electron chi connectivity index (χ0n) is 18.6. The van der Waals surface area contributed by atoms with Crippen LogP contribution in [0.5, 0.6) is 11.5 Å². The van der Waals surface area contributed by atoms with E-state index in [-0.39, 0.29) is 22.6 Å². The lowest BCUT2D eigenvalue weighted by Crippen LogP contribution is -2.29. The third-order valence-electron chi connectivity index (χ3n) is 5.72. The molecule has 8 heteroatoms. The van der Waals surface area contributed by atoms with E-state index in [4.69, 9.17) is 32.7 Å². The van der Waals surface area contributed by atoms with Gasteiger partial charge in [-0.15, -0.1) is 0 Å². The van der Waals surface area contributed by atoms with E-state index in [1.807, 2.05) is 25.1 Å². The van der Waals surface area contributed by atoms with Gasteiger partial charge < -0.3 is 14.6 Å². The van der Waals surface area contributed by atoms with Crippen LogP contribution < -0.4 is 14.4 Å². The number of carbonyl (C=O) groups excluding carboxylic acids is 2. The Morgan fingerprint density at radius 3 is 2.24 bits per heavy atom. The average Bonchev–Trinajstić information content (AvgIpc) is 3.08. The molecule has 0 radical (unpaired) electrons. The van der Waals surface area contributed by atoms with Crippen molar-refractivity contribution in [2.24, 2.45) is 0 Å². The molecule has 1 aliphatic rings. The molecule has 34 heavy (non-hydrogen) atoms. The smallest absolute Gasteiger partial charge is 0.300 e. The van der Waals surface area contributed by atoms with Gasteiger partial charge in [-0.3, -0.25) is 14.5 Å². The number of nitrogens with zero attached hydrogens (tertiary/aromatic N) is 1. The number of hydrogen-bond acceptors (Lipinski definition) is 5. The van der Waals surface area contributed by atoms with Gasteiger partial charge in [0.1, 0.15) is 17.3 Å². The lowest BCUT2D eigenvalue weighted by Gasteiger charge is -2.27. The maximum absolute atomic E-state index is 13.4. The second-order valence-corrected chi connectivity index (χ2v) is 8.59. The number of aliphatic hydroxyl groups is 1. The van der Waals surface area contributed by atoms with Crippen molar-refractivity contribution in [3.63, 3.8) is 0 Å². The number of benzene rings is 3. The molecule has 1 unspecified atom stereocenters. The van der Waals surface area contributed by atoms with Gasteiger partial charge in [0.2, 0.25) is 0 Å². The first-order chi connectivity index (χ1) is 16.3. The summed E-state index contributed by atoms with van der Waals surface area (Å²) in [5, 5.41) is 12.0. The van der Waals surface area contributed by atoms with Crippen LogP contribution in [0.1, 0.15) is 22.7 Å². The molecule has 1 N–H and O–H groups in total. The number of aryl methyl sites for hydroxylation is 1. The minimum atomic E-state index is -0.914. The number of ether oxygens (including phenoxy) is 2. The van der Waals surface area contributed by atoms with Gasteiger partial charge >= 0.3 is 0 Å². The van der Waals surface area contributed by atoms with E-state index in [0.717, 1.165) is 5.56 Å². The second kappa shape index (κ2) is 9.41. The molecular weight excluding hydrogens is 477 g/mol. The van der Waals surface area contributed by atoms with E-state index in [1.54, 1.807) is 36.4 Å². The molecule has 0 aromatic heterocycles. The highest BCUT2D eigenvalue weighted by molar-refractivity contribution is 6.52. The highest BCUT2D eigenvalue weighted by Crippen LogP contribution is 2.45. The Hall–Kier alpha value is -3.48. The number of rotatable bonds is 5. The minimum Gasteiger partial charge on any atom is -0.507 e. The first-order valence-corrected chi connectivity index (χ1v) is 11.1. The molecule has 0 saturated carbocycles. The van der Waals surface area contributed by atoms with Gasteiger partial charge in [0.05, 0.1) is 31.4 Å². The minimum absolute atomic E-state index is 0.0705. The molecule has 3 aromatic carbocycles. The van der Waals surface area contributed by atoms with Gasteiger partial charge in [0, 0.05) is 21.8 Å². The third-order valence-corrected chi connectivity index (χ3v) is 6.15. The van der Waals surface area contributed by atoms with E-state index < -0.39 is 17.7 Å². The van der Waals surface area contributed by atoms with Crippen LogP contribution in [-0.4, -0.2) is 31.0 Å². The van der Waals surface area contributed by atoms with Crippen LogP contribution in [0, 0.1) is 6.92 Å². The van der Waals surface area contributed by atoms with E-state index in [9.17, 15) is 14.7 Å². The number of hydrogen-bond donors (Lipinski definition) is 1. The first kappa shape index (κ1) is 23.7. The average molecular weight is 498 g/mol. The monoisotopic (exact) mass is 497 g/mol. The molecule has 0 spiro atoms. The Bertz CT molecular complexity index is 1310. The summed E-state index contributed by atoms with van der Waals surface area (Å²) >= 11 is 12.4. The maximum atomic E-state index is 13.4. The highest BCUT2D eigenvalue weighted by Gasteiger charge is 2.47. The van der Waals surface area contributed by atoms with Crippen LogP contribution in [0.3, 0.4) is 0 Å². The molecule has 3 aromatic rings. The largest absolute Gasteiger partial charge is 0.507 e. The summed E-state index contributed by atoms with van der Waals surface area (Å²) in [5.41, 5.74) is 2.03. The Morgan fingerprint density at radius 1 is 0.941 bits per heavy atom. The summed E-state index contributed by atoms with van der Waals surface area (Å²) in [6.45, 7) is 1.87. The van der Waals surface area contributed by atoms with Gasteiger partial charge in [-0.1, -0.05) is 47.5 Å². The maximum Gasteiger partial charge on any atom is 0.300 e. The lowest BCUT2D eigenvalue weighted by molar-refractivity contribution is -0.132. The van der Waals surface area contributed by atoms with Crippen molar-refractivity contribution >= 4 is 46.3 Å². The first-order valence-electron chi connectivity index (χ1n) is 10.3. The van der Waals surface area contributed by atoms with E-state index in [2.05, 4.69) is 0 Å². The molecule has 0 aliphatic carbocycles. The fourth-order valence-corrected chi connectivity index (χ4v) is 4.62. The van der Waals surface area contributed by atoms with Gasteiger partial charge in [-0.25, -0.2) is 0 Å². The van der Waals surface area contributed by atoms with Gasteiger partial charge in [-0.05, 0) is 48.4 Å². The highest BCUT2D eigenvalue weighted by atomic mass is 35.5. The van der Waals surface area contributed by atoms with Crippen molar-refractivity contribution in [3.05, 3.63) is 93.0 Å². The molecule has 1 atom stereocenters. The van der Waals surface area contributed by atoms with Crippen molar-refractivity contribution in [1.29, 1.82) is 0 Å². The van der Waals surface area contributed by atoms with Gasteiger partial charge in [-0.2, -0.15) is 0 Å². The quantitative estimate of drug-likeness (QED) is 0.268. The van der Waals surface area contributed by atoms with Crippen LogP contribution in [0.15, 0.2) is 66.2 Å². The van der Waals surface area contributed by atoms with Crippen LogP contribution in [0.2, 0.25) is 10.0 Å². The molecule has 1 saturated heterocycles. The summed E-state index contributed by atoms with van der Waals surface area (Å²) < 4.78 is 10.6. The Kier molecular flexibility index (Phi) is 6.55. The van der Waals surface area contributed by atoms with E-state index in [1.165, 1.54) is 25.2 Å². The van der Waals surface area contributed by atoms with Crippen LogP contribution in [0.25, 0.3) is 5.76 Å². The molecule has 174 valence electrons. The van der Waals surface area contributed by atoms with Crippen molar-refractivity contribution in [3.8, 4) is 11.5 Å². The standard InChI is InChI=1S/C26H21Cl2NO5/c1-14-6-4-5-7-19(14)23-22(24(30)20-9-8-18(33-2)13-21(20)34-3)25(31)26(32)29(23)17-11-15(27)10-16(28)12-17/h4-13,23,30H,1-3H3/b24-22+. The number of halogens is 2. The summed E-state index contributed by atoms with van der Waals surface area (Å²) in [5.74, 6) is -1.20. The number of amides is 1. The molecule has 0 bridgehead atoms.